The van der Waals surface area contributed by atoms with Crippen LogP contribution < -0.4 is 10.7 Å². The summed E-state index contributed by atoms with van der Waals surface area (Å²) in [7, 11) is 0. The molecule has 1 aromatic rings. The molecule has 2 heterocycles. The van der Waals surface area contributed by atoms with E-state index in [1.54, 1.807) is 0 Å². The van der Waals surface area contributed by atoms with E-state index in [4.69, 9.17) is 0 Å². The van der Waals surface area contributed by atoms with Gasteiger partial charge in [-0.25, -0.2) is 0 Å². The van der Waals surface area contributed by atoms with E-state index in [0.29, 0.717) is 6.67 Å². The van der Waals surface area contributed by atoms with E-state index >= 15 is 0 Å². The van der Waals surface area contributed by atoms with Crippen LogP contribution in [0.1, 0.15) is 45.2 Å². The molecule has 4 heteroatoms. The third kappa shape index (κ3) is 2.13. The third-order valence-electron chi connectivity index (χ3n) is 3.66. The Kier molecular flexibility index (Phi) is 3.95. The van der Waals surface area contributed by atoms with Gasteiger partial charge >= 0.3 is 0 Å². The number of allylic oxidation sites excluding steroid dienone is 1. The first kappa shape index (κ1) is 14.2. The van der Waals surface area contributed by atoms with Crippen molar-refractivity contribution in [2.75, 3.05) is 6.67 Å². The molecular weight excluding hydrogens is 284 g/mol. The van der Waals surface area contributed by atoms with Crippen LogP contribution in [0.3, 0.4) is 0 Å². The Morgan fingerprint density at radius 2 is 1.60 bits per heavy atom. The molecule has 1 aromatic carbocycles. The van der Waals surface area contributed by atoms with Crippen LogP contribution >= 0.6 is 23.5 Å². The summed E-state index contributed by atoms with van der Waals surface area (Å²) < 4.78 is 1.44. The number of hydrogen-bond donors (Lipinski definition) is 0. The van der Waals surface area contributed by atoms with Crippen molar-refractivity contribution >= 4 is 23.5 Å². The lowest BCUT2D eigenvalue weighted by Gasteiger charge is -2.10. The Hall–Kier alpha value is -0.740. The molecule has 0 bridgehead atoms. The van der Waals surface area contributed by atoms with Crippen LogP contribution in [0, 0.1) is 0 Å². The van der Waals surface area contributed by atoms with E-state index in [1.807, 2.05) is 23.5 Å². The predicted molar refractivity (Wildman–Crippen MR) is 87.1 cm³/mol. The molecule has 2 aliphatic heterocycles. The fourth-order valence-corrected chi connectivity index (χ4v) is 5.54. The molecule has 0 unspecified atom stereocenters. The molecular formula is C16H20N2S2. The van der Waals surface area contributed by atoms with Crippen LogP contribution in [-0.2, 0) is 12.8 Å². The number of thioether (sulfide) groups is 2. The Labute approximate surface area is 128 Å². The van der Waals surface area contributed by atoms with Gasteiger partial charge in [-0.3, -0.25) is 9.98 Å². The fraction of sp³-hybridized carbons (Fsp3) is 0.500. The molecule has 0 aliphatic carbocycles. The lowest BCUT2D eigenvalue weighted by molar-refractivity contribution is 0.854. The zero-order valence-corrected chi connectivity index (χ0v) is 14.2. The highest BCUT2D eigenvalue weighted by molar-refractivity contribution is 8.24. The average Bonchev–Trinajstić information content (AvgIpc) is 3.05. The second-order valence-corrected chi connectivity index (χ2v) is 7.67. The van der Waals surface area contributed by atoms with Gasteiger partial charge in [-0.15, -0.1) is 0 Å². The van der Waals surface area contributed by atoms with E-state index < -0.39 is 0 Å². The molecule has 0 N–H and O–H groups in total. The van der Waals surface area contributed by atoms with Gasteiger partial charge in [-0.2, -0.15) is 0 Å². The number of hydrogen-bond acceptors (Lipinski definition) is 4. The molecule has 2 nitrogen and oxygen atoms in total. The zero-order valence-electron chi connectivity index (χ0n) is 12.5. The molecule has 0 amide bonds. The standard InChI is InChI=1S/C16H20N2S2/c1-5-7-11-13-12(17-8-18-13)10(6-2)14-15(11)20-16(19-14)9(3)4/h5-8H2,1-4H3. The van der Waals surface area contributed by atoms with Gasteiger partial charge in [0, 0.05) is 14.0 Å². The van der Waals surface area contributed by atoms with Crippen molar-refractivity contribution in [3.8, 4) is 0 Å². The topological polar surface area (TPSA) is 24.7 Å². The minimum absolute atomic E-state index is 0.618. The van der Waals surface area contributed by atoms with Crippen LogP contribution in [-0.4, -0.2) is 6.67 Å². The van der Waals surface area contributed by atoms with Crippen molar-refractivity contribution in [3.05, 3.63) is 31.7 Å². The number of benzene rings is 1. The highest BCUT2D eigenvalue weighted by Gasteiger charge is 2.27. The lowest BCUT2D eigenvalue weighted by atomic mass is 10.0. The van der Waals surface area contributed by atoms with Crippen LogP contribution in [0.5, 0.6) is 0 Å². The quantitative estimate of drug-likeness (QED) is 0.847. The summed E-state index contributed by atoms with van der Waals surface area (Å²) in [5.41, 5.74) is 4.25. The van der Waals surface area contributed by atoms with E-state index in [1.165, 1.54) is 41.4 Å². The monoisotopic (exact) mass is 304 g/mol. The van der Waals surface area contributed by atoms with Crippen LogP contribution in [0.4, 0.5) is 0 Å². The van der Waals surface area contributed by atoms with Crippen molar-refractivity contribution in [2.45, 2.75) is 56.7 Å². The van der Waals surface area contributed by atoms with Crippen LogP contribution in [0.25, 0.3) is 0 Å². The van der Waals surface area contributed by atoms with Crippen molar-refractivity contribution in [3.63, 3.8) is 0 Å². The molecule has 3 rings (SSSR count). The summed E-state index contributed by atoms with van der Waals surface area (Å²) in [6, 6.07) is 0. The molecule has 0 saturated heterocycles. The summed E-state index contributed by atoms with van der Waals surface area (Å²) in [6.45, 7) is 9.50. The van der Waals surface area contributed by atoms with Gasteiger partial charge < -0.3 is 0 Å². The minimum atomic E-state index is 0.618. The largest absolute Gasteiger partial charge is 0.259 e. The van der Waals surface area contributed by atoms with Crippen molar-refractivity contribution in [2.24, 2.45) is 9.98 Å². The number of rotatable bonds is 3. The van der Waals surface area contributed by atoms with E-state index in [0.717, 1.165) is 19.3 Å². The minimum Gasteiger partial charge on any atom is -0.259 e. The van der Waals surface area contributed by atoms with Gasteiger partial charge in [0.1, 0.15) is 6.67 Å². The fourth-order valence-electron chi connectivity index (χ4n) is 2.73. The van der Waals surface area contributed by atoms with Crippen molar-refractivity contribution < 1.29 is 0 Å². The van der Waals surface area contributed by atoms with Gasteiger partial charge in [-0.05, 0) is 37.8 Å². The maximum Gasteiger partial charge on any atom is 0.130 e. The summed E-state index contributed by atoms with van der Waals surface area (Å²) >= 11 is 3.89. The van der Waals surface area contributed by atoms with E-state index in [2.05, 4.69) is 37.7 Å². The molecule has 0 fully saturated rings. The van der Waals surface area contributed by atoms with Gasteiger partial charge in [0.15, 0.2) is 0 Å². The Morgan fingerprint density at radius 1 is 1.00 bits per heavy atom. The van der Waals surface area contributed by atoms with Crippen LogP contribution in [0.2, 0.25) is 0 Å². The lowest BCUT2D eigenvalue weighted by Crippen LogP contribution is -2.31. The smallest absolute Gasteiger partial charge is 0.130 e. The number of fused-ring (bicyclic) bond motifs is 2. The van der Waals surface area contributed by atoms with Gasteiger partial charge in [0.25, 0.3) is 0 Å². The highest BCUT2D eigenvalue weighted by atomic mass is 32.2. The summed E-state index contributed by atoms with van der Waals surface area (Å²) in [5.74, 6) is 0. The van der Waals surface area contributed by atoms with Gasteiger partial charge in [0.05, 0.1) is 10.7 Å². The van der Waals surface area contributed by atoms with Crippen molar-refractivity contribution in [1.82, 2.24) is 0 Å². The SMILES string of the molecule is CCCc1c2c(c(CC)c3c1=NCN=3)SC(=C(C)C)S2. The molecule has 20 heavy (non-hydrogen) atoms. The second-order valence-electron chi connectivity index (χ2n) is 5.37. The first-order valence-electron chi connectivity index (χ1n) is 7.27. The highest BCUT2D eigenvalue weighted by Crippen LogP contribution is 2.53. The molecule has 0 spiro atoms. The molecule has 0 aromatic heterocycles. The number of nitrogens with zero attached hydrogens (tertiary/aromatic N) is 2. The molecule has 0 radical (unpaired) electrons. The van der Waals surface area contributed by atoms with E-state index in [-0.39, 0.29) is 0 Å². The molecule has 2 aliphatic rings. The zero-order chi connectivity index (χ0) is 14.3. The van der Waals surface area contributed by atoms with Gasteiger partial charge in [-0.1, -0.05) is 49.4 Å². The summed E-state index contributed by atoms with van der Waals surface area (Å²) in [5, 5.41) is 2.36. The maximum absolute atomic E-state index is 4.67. The van der Waals surface area contributed by atoms with Crippen LogP contribution in [0.15, 0.2) is 29.6 Å². The third-order valence-corrected chi connectivity index (χ3v) is 6.79. The molecule has 0 atom stereocenters. The van der Waals surface area contributed by atoms with Crippen molar-refractivity contribution in [1.29, 1.82) is 0 Å². The Balaban J connectivity index is 2.32. The second kappa shape index (κ2) is 5.57. The normalized spacial score (nSPS) is 15.7. The Bertz CT molecular complexity index is 713. The molecule has 106 valence electrons. The molecule has 0 saturated carbocycles. The predicted octanol–water partition coefficient (Wildman–Crippen LogP) is 3.86. The Morgan fingerprint density at radius 3 is 2.15 bits per heavy atom. The van der Waals surface area contributed by atoms with Gasteiger partial charge in [0.2, 0.25) is 0 Å². The summed E-state index contributed by atoms with van der Waals surface area (Å²) in [6.07, 6.45) is 3.31. The first-order chi connectivity index (χ1) is 9.67. The van der Waals surface area contributed by atoms with E-state index in [9.17, 15) is 0 Å². The maximum atomic E-state index is 4.67. The summed E-state index contributed by atoms with van der Waals surface area (Å²) in [4.78, 5) is 12.2. The average molecular weight is 304 g/mol. The first-order valence-corrected chi connectivity index (χ1v) is 8.90.